The van der Waals surface area contributed by atoms with Crippen LogP contribution in [0.2, 0.25) is 5.02 Å². The average Bonchev–Trinajstić information content (AvgIpc) is 2.53. The van der Waals surface area contributed by atoms with Crippen LogP contribution in [0.3, 0.4) is 0 Å². The lowest BCUT2D eigenvalue weighted by molar-refractivity contribution is 0.0912. The standard InChI is InChI=1S/C16H23ClN2O2.ClH/c1-21-15-8-7-12(17)9-13(15)16(20)19-14(10-18)11-5-3-2-4-6-11;/h7-9,11,14H,2-6,10,18H2,1H3,(H,19,20);1H. The van der Waals surface area contributed by atoms with Gasteiger partial charge in [-0.05, 0) is 37.0 Å². The van der Waals surface area contributed by atoms with Gasteiger partial charge in [0.1, 0.15) is 5.75 Å². The number of amides is 1. The number of ether oxygens (including phenoxy) is 1. The summed E-state index contributed by atoms with van der Waals surface area (Å²) < 4.78 is 5.23. The highest BCUT2D eigenvalue weighted by Crippen LogP contribution is 2.27. The van der Waals surface area contributed by atoms with Gasteiger partial charge in [0.2, 0.25) is 0 Å². The normalized spacial score (nSPS) is 16.5. The molecule has 1 aliphatic carbocycles. The highest BCUT2D eigenvalue weighted by molar-refractivity contribution is 6.31. The van der Waals surface area contributed by atoms with Crippen molar-refractivity contribution in [1.82, 2.24) is 5.32 Å². The zero-order valence-corrected chi connectivity index (χ0v) is 14.4. The second-order valence-corrected chi connectivity index (χ2v) is 5.99. The van der Waals surface area contributed by atoms with Crippen molar-refractivity contribution in [3.63, 3.8) is 0 Å². The summed E-state index contributed by atoms with van der Waals surface area (Å²) in [5.74, 6) is 0.824. The first-order valence-electron chi connectivity index (χ1n) is 7.50. The molecule has 22 heavy (non-hydrogen) atoms. The van der Waals surface area contributed by atoms with Gasteiger partial charge in [-0.2, -0.15) is 0 Å². The second-order valence-electron chi connectivity index (χ2n) is 5.56. The van der Waals surface area contributed by atoms with Gasteiger partial charge in [-0.15, -0.1) is 12.4 Å². The van der Waals surface area contributed by atoms with Crippen molar-refractivity contribution in [2.24, 2.45) is 11.7 Å². The van der Waals surface area contributed by atoms with Crippen LogP contribution in [0, 0.1) is 5.92 Å². The van der Waals surface area contributed by atoms with Gasteiger partial charge < -0.3 is 15.8 Å². The first-order chi connectivity index (χ1) is 10.2. The monoisotopic (exact) mass is 346 g/mol. The van der Waals surface area contributed by atoms with Crippen LogP contribution >= 0.6 is 24.0 Å². The Hall–Kier alpha value is -0.970. The van der Waals surface area contributed by atoms with E-state index in [1.165, 1.54) is 19.3 Å². The van der Waals surface area contributed by atoms with Crippen molar-refractivity contribution in [3.8, 4) is 5.75 Å². The fraction of sp³-hybridized carbons (Fsp3) is 0.562. The van der Waals surface area contributed by atoms with Gasteiger partial charge >= 0.3 is 0 Å². The number of carbonyl (C=O) groups excluding carboxylic acids is 1. The fourth-order valence-electron chi connectivity index (χ4n) is 3.01. The van der Waals surface area contributed by atoms with E-state index in [0.29, 0.717) is 28.8 Å². The van der Waals surface area contributed by atoms with E-state index in [2.05, 4.69) is 5.32 Å². The third kappa shape index (κ3) is 4.77. The molecule has 1 aromatic rings. The molecule has 6 heteroatoms. The minimum Gasteiger partial charge on any atom is -0.496 e. The largest absolute Gasteiger partial charge is 0.496 e. The predicted molar refractivity (Wildman–Crippen MR) is 92.1 cm³/mol. The third-order valence-electron chi connectivity index (χ3n) is 4.20. The van der Waals surface area contributed by atoms with Crippen molar-refractivity contribution in [2.75, 3.05) is 13.7 Å². The van der Waals surface area contributed by atoms with E-state index >= 15 is 0 Å². The Bertz CT molecular complexity index is 491. The second kappa shape index (κ2) is 9.23. The molecule has 0 bridgehead atoms. The Morgan fingerprint density at radius 1 is 1.41 bits per heavy atom. The van der Waals surface area contributed by atoms with Gasteiger partial charge in [0.25, 0.3) is 5.91 Å². The number of rotatable bonds is 5. The van der Waals surface area contributed by atoms with E-state index < -0.39 is 0 Å². The number of nitrogens with one attached hydrogen (secondary N) is 1. The van der Waals surface area contributed by atoms with Gasteiger partial charge in [0.15, 0.2) is 0 Å². The van der Waals surface area contributed by atoms with Crippen LogP contribution in [0.4, 0.5) is 0 Å². The van der Waals surface area contributed by atoms with Gasteiger partial charge in [-0.3, -0.25) is 4.79 Å². The van der Waals surface area contributed by atoms with Gasteiger partial charge in [-0.25, -0.2) is 0 Å². The van der Waals surface area contributed by atoms with E-state index in [9.17, 15) is 4.79 Å². The van der Waals surface area contributed by atoms with Crippen LogP contribution in [0.5, 0.6) is 5.75 Å². The molecule has 3 N–H and O–H groups in total. The molecular formula is C16H24Cl2N2O2. The molecule has 1 amide bonds. The molecule has 0 aromatic heterocycles. The molecule has 0 radical (unpaired) electrons. The maximum absolute atomic E-state index is 12.5. The van der Waals surface area contributed by atoms with Gasteiger partial charge in [0, 0.05) is 17.6 Å². The zero-order chi connectivity index (χ0) is 15.2. The summed E-state index contributed by atoms with van der Waals surface area (Å²) in [6.45, 7) is 0.458. The lowest BCUT2D eigenvalue weighted by Crippen LogP contribution is -2.46. The molecule has 2 rings (SSSR count). The molecule has 1 aromatic carbocycles. The minimum atomic E-state index is -0.171. The first kappa shape index (κ1) is 19.1. The van der Waals surface area contributed by atoms with Crippen molar-refractivity contribution in [3.05, 3.63) is 28.8 Å². The molecule has 0 aliphatic heterocycles. The van der Waals surface area contributed by atoms with Gasteiger partial charge in [0.05, 0.1) is 12.7 Å². The number of hydrogen-bond donors (Lipinski definition) is 2. The molecule has 0 saturated heterocycles. The molecule has 1 aliphatic rings. The number of hydrogen-bond acceptors (Lipinski definition) is 3. The highest BCUT2D eigenvalue weighted by Gasteiger charge is 2.25. The molecule has 1 saturated carbocycles. The fourth-order valence-corrected chi connectivity index (χ4v) is 3.18. The summed E-state index contributed by atoms with van der Waals surface area (Å²) >= 11 is 5.98. The van der Waals surface area contributed by atoms with E-state index in [1.54, 1.807) is 25.3 Å². The molecule has 0 spiro atoms. The lowest BCUT2D eigenvalue weighted by atomic mass is 9.84. The maximum atomic E-state index is 12.5. The molecule has 1 atom stereocenters. The van der Waals surface area contributed by atoms with E-state index in [4.69, 9.17) is 22.1 Å². The quantitative estimate of drug-likeness (QED) is 0.858. The number of methoxy groups -OCH3 is 1. The van der Waals surface area contributed by atoms with Crippen LogP contribution in [-0.4, -0.2) is 25.6 Å². The lowest BCUT2D eigenvalue weighted by Gasteiger charge is -2.30. The molecule has 124 valence electrons. The summed E-state index contributed by atoms with van der Waals surface area (Å²) in [7, 11) is 1.54. The van der Waals surface area contributed by atoms with Crippen LogP contribution < -0.4 is 15.8 Å². The Labute approximate surface area is 143 Å². The Balaban J connectivity index is 0.00000242. The highest BCUT2D eigenvalue weighted by atomic mass is 35.5. The van der Waals surface area contributed by atoms with E-state index in [-0.39, 0.29) is 24.4 Å². The zero-order valence-electron chi connectivity index (χ0n) is 12.8. The van der Waals surface area contributed by atoms with E-state index in [1.807, 2.05) is 0 Å². The molecule has 1 unspecified atom stereocenters. The van der Waals surface area contributed by atoms with Crippen LogP contribution in [0.1, 0.15) is 42.5 Å². The number of carbonyl (C=O) groups is 1. The summed E-state index contributed by atoms with van der Waals surface area (Å²) in [4.78, 5) is 12.5. The number of nitrogens with two attached hydrogens (primary N) is 1. The van der Waals surface area contributed by atoms with Gasteiger partial charge in [-0.1, -0.05) is 30.9 Å². The van der Waals surface area contributed by atoms with Crippen molar-refractivity contribution in [2.45, 2.75) is 38.1 Å². The van der Waals surface area contributed by atoms with Crippen LogP contribution in [0.15, 0.2) is 18.2 Å². The van der Waals surface area contributed by atoms with E-state index in [0.717, 1.165) is 12.8 Å². The molecule has 0 heterocycles. The third-order valence-corrected chi connectivity index (χ3v) is 4.43. The summed E-state index contributed by atoms with van der Waals surface area (Å²) in [5, 5.41) is 3.57. The predicted octanol–water partition coefficient (Wildman–Crippen LogP) is 3.41. The number of halogens is 2. The molecule has 1 fully saturated rings. The maximum Gasteiger partial charge on any atom is 0.255 e. The van der Waals surface area contributed by atoms with Crippen LogP contribution in [0.25, 0.3) is 0 Å². The smallest absolute Gasteiger partial charge is 0.255 e. The Morgan fingerprint density at radius 2 is 2.09 bits per heavy atom. The SMILES string of the molecule is COc1ccc(Cl)cc1C(=O)NC(CN)C1CCCCC1.Cl. The van der Waals surface area contributed by atoms with Crippen molar-refractivity contribution < 1.29 is 9.53 Å². The Morgan fingerprint density at radius 3 is 2.68 bits per heavy atom. The minimum absolute atomic E-state index is 0. The molecular weight excluding hydrogens is 323 g/mol. The topological polar surface area (TPSA) is 64.3 Å². The van der Waals surface area contributed by atoms with Crippen LogP contribution in [-0.2, 0) is 0 Å². The summed E-state index contributed by atoms with van der Waals surface area (Å²) in [6, 6.07) is 5.06. The molecule has 4 nitrogen and oxygen atoms in total. The Kier molecular flexibility index (Phi) is 8.01. The first-order valence-corrected chi connectivity index (χ1v) is 7.88. The summed E-state index contributed by atoms with van der Waals surface area (Å²) in [5.41, 5.74) is 6.32. The number of benzene rings is 1. The average molecular weight is 347 g/mol. The van der Waals surface area contributed by atoms with Crippen molar-refractivity contribution >= 4 is 29.9 Å². The summed E-state index contributed by atoms with van der Waals surface area (Å²) in [6.07, 6.45) is 5.99. The van der Waals surface area contributed by atoms with Crippen molar-refractivity contribution in [1.29, 1.82) is 0 Å².